The first-order chi connectivity index (χ1) is 12.6. The Morgan fingerprint density at radius 1 is 1.15 bits per heavy atom. The molecule has 2 amide bonds. The Labute approximate surface area is 150 Å². The highest BCUT2D eigenvalue weighted by atomic mass is 16.2. The van der Waals surface area contributed by atoms with Crippen molar-refractivity contribution in [1.82, 2.24) is 14.9 Å². The largest absolute Gasteiger partial charge is 0.338 e. The summed E-state index contributed by atoms with van der Waals surface area (Å²) in [5, 5.41) is 3.86. The lowest BCUT2D eigenvalue weighted by Crippen LogP contribution is -2.30. The molecule has 1 saturated heterocycles. The van der Waals surface area contributed by atoms with Gasteiger partial charge in [0.15, 0.2) is 0 Å². The minimum absolute atomic E-state index is 0.0430. The van der Waals surface area contributed by atoms with Crippen molar-refractivity contribution in [2.75, 3.05) is 12.4 Å². The maximum Gasteiger partial charge on any atom is 0.230 e. The molecule has 1 aromatic carbocycles. The molecule has 1 aliphatic rings. The van der Waals surface area contributed by atoms with Gasteiger partial charge in [0.2, 0.25) is 11.8 Å². The first-order valence-corrected chi connectivity index (χ1v) is 8.45. The summed E-state index contributed by atoms with van der Waals surface area (Å²) in [7, 11) is 1.73. The van der Waals surface area contributed by atoms with E-state index in [4.69, 9.17) is 0 Å². The van der Waals surface area contributed by atoms with Crippen LogP contribution in [-0.4, -0.2) is 33.7 Å². The van der Waals surface area contributed by atoms with Crippen LogP contribution in [0, 0.1) is 5.92 Å². The highest BCUT2D eigenvalue weighted by Gasteiger charge is 2.42. The number of aromatic nitrogens is 2. The fraction of sp³-hybridized carbons (Fsp3) is 0.200. The van der Waals surface area contributed by atoms with Crippen LogP contribution >= 0.6 is 0 Å². The van der Waals surface area contributed by atoms with E-state index >= 15 is 0 Å². The monoisotopic (exact) mass is 346 g/mol. The second-order valence-corrected chi connectivity index (χ2v) is 6.41. The van der Waals surface area contributed by atoms with E-state index in [2.05, 4.69) is 15.3 Å². The van der Waals surface area contributed by atoms with E-state index in [-0.39, 0.29) is 24.3 Å². The van der Waals surface area contributed by atoms with Crippen molar-refractivity contribution in [1.29, 1.82) is 0 Å². The number of carbonyl (C=O) groups excluding carboxylic acids is 2. The molecule has 0 saturated carbocycles. The van der Waals surface area contributed by atoms with E-state index in [1.165, 1.54) is 0 Å². The topological polar surface area (TPSA) is 75.2 Å². The standard InChI is InChI=1S/C20H18N4O2/c1-24-18(25)11-15(19(24)13-5-3-9-21-12-13)20(26)23-17-8-2-7-16-14(17)6-4-10-22-16/h2-10,12,15,19H,11H2,1H3,(H,23,26). The second kappa shape index (κ2) is 6.55. The quantitative estimate of drug-likeness (QED) is 0.791. The SMILES string of the molecule is CN1C(=O)CC(C(=O)Nc2cccc3ncccc23)C1c1cccnc1. The molecule has 2 atom stereocenters. The third kappa shape index (κ3) is 2.79. The highest BCUT2D eigenvalue weighted by Crippen LogP contribution is 2.37. The molecule has 6 heteroatoms. The van der Waals surface area contributed by atoms with E-state index in [9.17, 15) is 9.59 Å². The van der Waals surface area contributed by atoms with Gasteiger partial charge < -0.3 is 10.2 Å². The maximum atomic E-state index is 13.0. The van der Waals surface area contributed by atoms with Gasteiger partial charge in [-0.2, -0.15) is 0 Å². The third-order valence-electron chi connectivity index (χ3n) is 4.85. The van der Waals surface area contributed by atoms with Gasteiger partial charge in [-0.25, -0.2) is 0 Å². The van der Waals surface area contributed by atoms with Gasteiger partial charge in [-0.05, 0) is 35.9 Å². The van der Waals surface area contributed by atoms with E-state index < -0.39 is 5.92 Å². The van der Waals surface area contributed by atoms with Gasteiger partial charge in [-0.1, -0.05) is 12.1 Å². The number of likely N-dealkylation sites (tertiary alicyclic amines) is 1. The zero-order valence-electron chi connectivity index (χ0n) is 14.3. The number of amides is 2. The minimum Gasteiger partial charge on any atom is -0.338 e. The van der Waals surface area contributed by atoms with Crippen LogP contribution < -0.4 is 5.32 Å². The molecule has 0 radical (unpaired) electrons. The van der Waals surface area contributed by atoms with Gasteiger partial charge in [0.05, 0.1) is 23.2 Å². The smallest absolute Gasteiger partial charge is 0.230 e. The molecule has 4 rings (SSSR count). The fourth-order valence-electron chi connectivity index (χ4n) is 3.55. The average Bonchev–Trinajstić information content (AvgIpc) is 2.98. The van der Waals surface area contributed by atoms with Crippen LogP contribution in [0.3, 0.4) is 0 Å². The number of pyridine rings is 2. The number of carbonyl (C=O) groups is 2. The first kappa shape index (κ1) is 16.2. The van der Waals surface area contributed by atoms with Gasteiger partial charge in [-0.15, -0.1) is 0 Å². The molecular weight excluding hydrogens is 328 g/mol. The van der Waals surface area contributed by atoms with Crippen molar-refractivity contribution in [3.63, 3.8) is 0 Å². The molecule has 0 bridgehead atoms. The Bertz CT molecular complexity index is 968. The Kier molecular flexibility index (Phi) is 4.08. The number of hydrogen-bond donors (Lipinski definition) is 1. The number of rotatable bonds is 3. The summed E-state index contributed by atoms with van der Waals surface area (Å²) in [6, 6.07) is 12.8. The lowest BCUT2D eigenvalue weighted by atomic mass is 9.93. The van der Waals surface area contributed by atoms with Gasteiger partial charge in [0.25, 0.3) is 0 Å². The minimum atomic E-state index is -0.469. The highest BCUT2D eigenvalue weighted by molar-refractivity contribution is 6.03. The Balaban J connectivity index is 1.65. The molecular formula is C20H18N4O2. The Hall–Kier alpha value is -3.28. The summed E-state index contributed by atoms with van der Waals surface area (Å²) in [4.78, 5) is 35.3. The van der Waals surface area contributed by atoms with Crippen molar-refractivity contribution in [2.45, 2.75) is 12.5 Å². The predicted octanol–water partition coefficient (Wildman–Crippen LogP) is 2.79. The molecule has 1 aliphatic heterocycles. The maximum absolute atomic E-state index is 13.0. The molecule has 2 aromatic heterocycles. The molecule has 0 spiro atoms. The van der Waals surface area contributed by atoms with Crippen molar-refractivity contribution in [2.24, 2.45) is 5.92 Å². The van der Waals surface area contributed by atoms with Crippen molar-refractivity contribution >= 4 is 28.4 Å². The molecule has 130 valence electrons. The van der Waals surface area contributed by atoms with Crippen LogP contribution in [0.2, 0.25) is 0 Å². The Morgan fingerprint density at radius 3 is 2.81 bits per heavy atom. The van der Waals surface area contributed by atoms with Crippen LogP contribution in [0.4, 0.5) is 5.69 Å². The van der Waals surface area contributed by atoms with Gasteiger partial charge in [0.1, 0.15) is 0 Å². The van der Waals surface area contributed by atoms with E-state index in [1.54, 1.807) is 30.5 Å². The molecule has 3 heterocycles. The molecule has 1 N–H and O–H groups in total. The molecule has 0 aliphatic carbocycles. The first-order valence-electron chi connectivity index (χ1n) is 8.45. The van der Waals surface area contributed by atoms with Crippen LogP contribution in [0.1, 0.15) is 18.0 Å². The van der Waals surface area contributed by atoms with E-state index in [1.807, 2.05) is 42.5 Å². The van der Waals surface area contributed by atoms with Crippen LogP contribution in [0.15, 0.2) is 61.1 Å². The van der Waals surface area contributed by atoms with Crippen LogP contribution in [0.5, 0.6) is 0 Å². The third-order valence-corrected chi connectivity index (χ3v) is 4.85. The average molecular weight is 346 g/mol. The fourth-order valence-corrected chi connectivity index (χ4v) is 3.55. The number of nitrogens with one attached hydrogen (secondary N) is 1. The number of nitrogens with zero attached hydrogens (tertiary/aromatic N) is 3. The summed E-state index contributed by atoms with van der Waals surface area (Å²) in [5.41, 5.74) is 2.38. The van der Waals surface area contributed by atoms with E-state index in [0.717, 1.165) is 16.5 Å². The second-order valence-electron chi connectivity index (χ2n) is 6.41. The molecule has 26 heavy (non-hydrogen) atoms. The zero-order valence-corrected chi connectivity index (χ0v) is 14.3. The van der Waals surface area contributed by atoms with Gasteiger partial charge in [0, 0.05) is 37.4 Å². The molecule has 6 nitrogen and oxygen atoms in total. The number of benzene rings is 1. The molecule has 1 fully saturated rings. The summed E-state index contributed by atoms with van der Waals surface area (Å²) in [6.07, 6.45) is 5.29. The number of anilines is 1. The number of fused-ring (bicyclic) bond motifs is 1. The lowest BCUT2D eigenvalue weighted by molar-refractivity contribution is -0.127. The molecule has 3 aromatic rings. The van der Waals surface area contributed by atoms with Gasteiger partial charge >= 0.3 is 0 Å². The van der Waals surface area contributed by atoms with Crippen LogP contribution in [0.25, 0.3) is 10.9 Å². The van der Waals surface area contributed by atoms with E-state index in [0.29, 0.717) is 5.69 Å². The molecule has 2 unspecified atom stereocenters. The van der Waals surface area contributed by atoms with Crippen molar-refractivity contribution in [3.8, 4) is 0 Å². The van der Waals surface area contributed by atoms with Gasteiger partial charge in [-0.3, -0.25) is 19.6 Å². The number of hydrogen-bond acceptors (Lipinski definition) is 4. The van der Waals surface area contributed by atoms with Crippen molar-refractivity contribution in [3.05, 3.63) is 66.6 Å². The summed E-state index contributed by atoms with van der Waals surface area (Å²) < 4.78 is 0. The van der Waals surface area contributed by atoms with Crippen molar-refractivity contribution < 1.29 is 9.59 Å². The lowest BCUT2D eigenvalue weighted by Gasteiger charge is -2.24. The Morgan fingerprint density at radius 2 is 2.00 bits per heavy atom. The normalized spacial score (nSPS) is 19.7. The summed E-state index contributed by atoms with van der Waals surface area (Å²) >= 11 is 0. The summed E-state index contributed by atoms with van der Waals surface area (Å²) in [5.74, 6) is -0.685. The zero-order chi connectivity index (χ0) is 18.1. The summed E-state index contributed by atoms with van der Waals surface area (Å²) in [6.45, 7) is 0. The van der Waals surface area contributed by atoms with Crippen LogP contribution in [-0.2, 0) is 9.59 Å². The predicted molar refractivity (Wildman–Crippen MR) is 98.2 cm³/mol.